The Balaban J connectivity index is 0.000000179. The van der Waals surface area contributed by atoms with Crippen molar-refractivity contribution in [3.05, 3.63) is 191 Å². The fraction of sp³-hybridized carbons (Fsp3) is 0.579. The maximum absolute atomic E-state index is 12.3. The van der Waals surface area contributed by atoms with E-state index >= 15 is 0 Å². The molecule has 32 heteroatoms. The number of hydrogen-bond donors (Lipinski definition) is 6. The summed E-state index contributed by atoms with van der Waals surface area (Å²) in [6.45, 7) is 34.9. The smallest absolute Gasteiger partial charge is 0.0372 e. The summed E-state index contributed by atoms with van der Waals surface area (Å²) in [5, 5.41) is 20.9. The number of likely N-dealkylation sites (N-methyl/N-ethyl adjacent to an activating group) is 2. The number of thiol groups is 1. The molecule has 5 unspecified atom stereocenters. The number of amides is 3. The van der Waals surface area contributed by atoms with Gasteiger partial charge in [0.1, 0.15) is 21.8 Å². The standard InChI is InChI=1S/C19H27BrN2O2.C19H28N2O2.C15H21BrN2.C15H23N3.C14H19BrN2.C10H13N.C9H15NO3.C6H7NS2.BHNS.ClH2N.HI/c1-19(2,3)24-18(23)21-11-9-16(13-21)22-10-5-4-6-14-12-15(20)7-8-17(14)22;1-19(2,3)23-18(22)20-13-11-16(14-20)21-12-7-6-9-15-8-4-5-10-17(15)21;2*1-17-9-7-14(11-17)18-8-3-2-4-12-10-13(16)5-6-15(12)18;15-12-4-5-14-11(9-12)3-1-2-8-17(14)13-6-7-16-10-13;1-2-7-10-9(5-1)6-3-4-8-11-10;1-9(2,3)13-8(12)10-5-4-7(11)6-10;1-8-6(7)5-3-2-4-9-5;1-2-3;1-2;/h7-8,12,16H,4-6,9-11,13H2,1-3H3;4-5,8,10,16H,6-7,9,11-14H2,1-3H3;5-6,10,14H,2-4,7-9,11H2,1H3;5-6,10,14H,2-4,7-9,11,16H2,1H3;4-5,9,13,16H,1-3,6-8,10H2;1-2,5,7,11H,3-4,6,8H2;4-6H2,1-3H3;2-4,7H,1H3;3H;2H2;1H. The molecular weight excluding hydrogens is 2130 g/mol. The molecule has 7 N–H and O–H groups in total. The van der Waals surface area contributed by atoms with Crippen molar-refractivity contribution in [2.75, 3.05) is 174 Å². The van der Waals surface area contributed by atoms with Gasteiger partial charge in [-0.1, -0.05) is 90.3 Å². The van der Waals surface area contributed by atoms with Crippen molar-refractivity contribution in [2.24, 2.45) is 9.55 Å². The number of ether oxygens (including phenoxy) is 3. The van der Waals surface area contributed by atoms with Gasteiger partial charge in [0.2, 0.25) is 0 Å². The number of anilines is 7. The molecule has 0 spiro atoms. The number of fused-ring (bicyclic) bond motifs is 6. The third-order valence-corrected chi connectivity index (χ3v) is 29.8. The predicted octanol–water partition coefficient (Wildman–Crippen LogP) is 23.8. The van der Waals surface area contributed by atoms with Crippen molar-refractivity contribution in [3.8, 4) is 0 Å². The number of hydrogen-bond acceptors (Lipinski definition) is 23. The summed E-state index contributed by atoms with van der Waals surface area (Å²) in [6, 6.07) is 50.8. The second-order valence-corrected chi connectivity index (χ2v) is 45.5. The molecule has 0 saturated carbocycles. The number of carbonyl (C=O) groups is 4. The van der Waals surface area contributed by atoms with Crippen LogP contribution in [0, 0.1) is 5.41 Å². The van der Waals surface area contributed by atoms with Crippen LogP contribution in [0.4, 0.5) is 54.2 Å². The zero-order chi connectivity index (χ0) is 99.5. The topological polar surface area (TPSA) is 241 Å². The number of nitrogens with one attached hydrogen (secondary N) is 3. The van der Waals surface area contributed by atoms with Gasteiger partial charge < -0.3 is 79.6 Å². The number of thiophene rings is 1. The Morgan fingerprint density at radius 3 is 1.23 bits per heavy atom. The van der Waals surface area contributed by atoms with Gasteiger partial charge in [0.25, 0.3) is 0 Å². The number of para-hydroxylation sites is 2. The van der Waals surface area contributed by atoms with E-state index in [1.807, 2.05) is 95.9 Å². The number of nitrogens with zero attached hydrogens (tertiary/aromatic N) is 11. The van der Waals surface area contributed by atoms with Gasteiger partial charge in [-0.15, -0.1) is 47.1 Å². The van der Waals surface area contributed by atoms with Gasteiger partial charge in [0, 0.05) is 181 Å². The van der Waals surface area contributed by atoms with Crippen molar-refractivity contribution in [1.82, 2.24) is 29.8 Å². The van der Waals surface area contributed by atoms with E-state index in [2.05, 4.69) is 270 Å². The van der Waals surface area contributed by atoms with Crippen molar-refractivity contribution in [2.45, 2.75) is 263 Å². The first kappa shape index (κ1) is 116. The maximum Gasteiger partial charge on any atom is 0.0372 e. The second kappa shape index (κ2) is 58.7. The normalized spacial score (nSPS) is 20.5. The Labute approximate surface area is 894 Å². The van der Waals surface area contributed by atoms with Gasteiger partial charge in [0.05, 0.1) is 11.4 Å². The van der Waals surface area contributed by atoms with E-state index in [0.717, 1.165) is 93.1 Å². The van der Waals surface area contributed by atoms with Gasteiger partial charge in [-0.3, -0.25) is 10.2 Å². The molecule has 139 heavy (non-hydrogen) atoms. The van der Waals surface area contributed by atoms with Crippen LogP contribution in [0.1, 0.15) is 216 Å². The Hall–Kier alpha value is -6.37. The van der Waals surface area contributed by atoms with Crippen LogP contribution in [0.3, 0.4) is 0 Å². The molecule has 12 aliphatic rings. The van der Waals surface area contributed by atoms with Crippen molar-refractivity contribution < 1.29 is 33.4 Å². The average molecular weight is 2290 g/mol. The summed E-state index contributed by atoms with van der Waals surface area (Å²) in [7, 11) is 8.80. The number of Topliss-reactive ketones (excluding diaryl/α,β-unsaturated/α-hetero) is 1. The van der Waals surface area contributed by atoms with Crippen molar-refractivity contribution >= 4 is 196 Å². The zero-order valence-electron chi connectivity index (χ0n) is 84.6. The number of nitrogens with two attached hydrogens (primary N) is 2. The molecule has 0 bridgehead atoms. The maximum atomic E-state index is 12.3. The van der Waals surface area contributed by atoms with Crippen LogP contribution in [-0.2, 0) is 57.5 Å². The molecule has 6 saturated heterocycles. The average Bonchev–Trinajstić information content (AvgIpc) is 1.70. The minimum Gasteiger partial charge on any atom is -0.385 e. The molecule has 1 radical (unpaired) electrons. The Morgan fingerprint density at radius 1 is 0.460 bits per heavy atom. The number of aryl methyl sites for hydroxylation is 6. The van der Waals surface area contributed by atoms with E-state index in [1.165, 1.54) is 267 Å². The minimum absolute atomic E-state index is 0. The van der Waals surface area contributed by atoms with Crippen LogP contribution in [0.2, 0.25) is 0 Å². The molecule has 12 aliphatic heterocycles. The Morgan fingerprint density at radius 2 is 0.835 bits per heavy atom. The summed E-state index contributed by atoms with van der Waals surface area (Å²) in [6.07, 6.45) is 30.1. The molecule has 7 aromatic rings. The Kier molecular flexibility index (Phi) is 49.1. The molecule has 6 aromatic carbocycles. The van der Waals surface area contributed by atoms with Crippen molar-refractivity contribution in [3.63, 3.8) is 0 Å². The van der Waals surface area contributed by atoms with Gasteiger partial charge >= 0.3 is 43.0 Å². The van der Waals surface area contributed by atoms with E-state index in [4.69, 9.17) is 25.4 Å². The molecule has 763 valence electrons. The number of thioether (sulfide) groups is 1. The van der Waals surface area contributed by atoms with Crippen LogP contribution in [-0.4, -0.2) is 246 Å². The number of rotatable bonds is 6. The molecule has 13 heterocycles. The molecule has 19 rings (SSSR count). The second-order valence-electron chi connectivity index (χ2n) is 40.7. The first-order valence-corrected chi connectivity index (χ1v) is 55.4. The van der Waals surface area contributed by atoms with E-state index in [1.54, 1.807) is 11.3 Å². The van der Waals surface area contributed by atoms with Gasteiger partial charge in [-0.2, -0.15) is 0 Å². The fourth-order valence-corrected chi connectivity index (χ4v) is 22.5. The molecule has 3 amide bonds. The molecule has 23 nitrogen and oxygen atoms in total. The predicted molar refractivity (Wildman–Crippen MR) is 609 cm³/mol. The minimum atomic E-state index is -0.483. The number of nitrogen functional groups attached to an aromatic ring is 1. The summed E-state index contributed by atoms with van der Waals surface area (Å²) >= 11 is 21.2. The van der Waals surface area contributed by atoms with E-state index in [-0.39, 0.29) is 48.5 Å². The van der Waals surface area contributed by atoms with Crippen LogP contribution < -0.4 is 46.1 Å². The van der Waals surface area contributed by atoms with E-state index < -0.39 is 22.9 Å². The van der Waals surface area contributed by atoms with Crippen molar-refractivity contribution in [1.29, 1.82) is 5.41 Å². The SMILES string of the molecule is Brc1ccc2c(c1)CCCCN2C1CCNC1.CC(C)(C)OC(=O)N1CCC(=O)C1.CC(C)(C)OC(=O)N1CCC(N2CCCCc3cc(Br)ccc32)C1.CC(C)(C)OC(=O)N1CCC(N2CCCCc3ccccc32)C1.CN1CCC(N2CCCCc3cc(Br)ccc32)C1.CN1CCC(N2CCCCc3cc(N)ccc32)C1.CSC(=N)c1cccs1.I.NCl.[B]=NS.c1ccc2c(c1)CCCCN2. The Bertz CT molecular complexity index is 4870. The number of likely N-dealkylation sites (tertiary alicyclic amines) is 5. The largest absolute Gasteiger partial charge is 0.385 e. The first-order chi connectivity index (χ1) is 66.2. The molecule has 1 aromatic heterocycles. The summed E-state index contributed by atoms with van der Waals surface area (Å²) < 4.78 is 22.4. The summed E-state index contributed by atoms with van der Waals surface area (Å²) in [4.78, 5) is 70.9. The molecular formula is C107H157BBr3ClIN16O7S3. The van der Waals surface area contributed by atoms with Gasteiger partial charge in [-0.05, 0) is 392 Å². The number of halogens is 5. The van der Waals surface area contributed by atoms with E-state index in [9.17, 15) is 19.2 Å². The van der Waals surface area contributed by atoms with E-state index in [0.29, 0.717) is 48.2 Å². The third-order valence-electron chi connectivity index (χ3n) is 26.7. The summed E-state index contributed by atoms with van der Waals surface area (Å²) in [5.74, 6) is 0.103. The van der Waals surface area contributed by atoms with Crippen LogP contribution in [0.25, 0.3) is 0 Å². The molecule has 5 atom stereocenters. The van der Waals surface area contributed by atoms with Gasteiger partial charge in [-0.25, -0.2) is 19.6 Å². The first-order valence-electron chi connectivity index (χ1n) is 50.1. The number of benzene rings is 6. The quantitative estimate of drug-likeness (QED) is 0.0133. The van der Waals surface area contributed by atoms with Crippen LogP contribution in [0.5, 0.6) is 0 Å². The summed E-state index contributed by atoms with van der Waals surface area (Å²) in [5.41, 5.74) is 22.7. The van der Waals surface area contributed by atoms with Gasteiger partial charge in [0.15, 0.2) is 5.78 Å². The zero-order valence-corrected chi connectivity index (χ0v) is 94.9. The monoisotopic (exact) mass is 2280 g/mol. The molecule has 0 aliphatic carbocycles. The third kappa shape index (κ3) is 37.6. The fourth-order valence-electron chi connectivity index (χ4n) is 20.1. The van der Waals surface area contributed by atoms with Crippen LogP contribution >= 0.6 is 119 Å². The molecule has 6 fully saturated rings. The number of carbonyl (C=O) groups excluding carboxylic acids is 4. The number of ketones is 1. The van der Waals surface area contributed by atoms with Crippen LogP contribution in [0.15, 0.2) is 157 Å².